The van der Waals surface area contributed by atoms with Crippen LogP contribution in [-0.2, 0) is 9.59 Å². The van der Waals surface area contributed by atoms with E-state index in [1.54, 1.807) is 24.3 Å². The van der Waals surface area contributed by atoms with E-state index in [9.17, 15) is 14.4 Å². The van der Waals surface area contributed by atoms with Crippen LogP contribution >= 0.6 is 11.8 Å². The van der Waals surface area contributed by atoms with Gasteiger partial charge in [0.25, 0.3) is 11.1 Å². The van der Waals surface area contributed by atoms with Crippen molar-refractivity contribution in [1.82, 2.24) is 4.90 Å². The molecule has 1 saturated heterocycles. The zero-order valence-electron chi connectivity index (χ0n) is 9.20. The largest absolute Gasteiger partial charge is 0.480 e. The first-order valence-electron chi connectivity index (χ1n) is 5.13. The summed E-state index contributed by atoms with van der Waals surface area (Å²) in [7, 11) is 0. The molecular weight excluding hydrogens is 256 g/mol. The lowest BCUT2D eigenvalue weighted by Gasteiger charge is -2.12. The van der Waals surface area contributed by atoms with Gasteiger partial charge in [-0.15, -0.1) is 0 Å². The summed E-state index contributed by atoms with van der Waals surface area (Å²) in [6.07, 6.45) is 0. The van der Waals surface area contributed by atoms with E-state index in [0.29, 0.717) is 5.69 Å². The number of amides is 2. The molecule has 0 aromatic heterocycles. The second-order valence-electron chi connectivity index (χ2n) is 3.59. The number of nitrogens with zero attached hydrogens (tertiary/aromatic N) is 1. The third-order valence-electron chi connectivity index (χ3n) is 2.29. The highest BCUT2D eigenvalue weighted by Gasteiger charge is 2.40. The van der Waals surface area contributed by atoms with E-state index in [-0.39, 0.29) is 0 Å². The summed E-state index contributed by atoms with van der Waals surface area (Å²) in [4.78, 5) is 34.6. The van der Waals surface area contributed by atoms with Gasteiger partial charge < -0.3 is 10.4 Å². The Kier molecular flexibility index (Phi) is 3.52. The molecule has 0 spiro atoms. The van der Waals surface area contributed by atoms with Crippen molar-refractivity contribution >= 4 is 34.6 Å². The summed E-state index contributed by atoms with van der Waals surface area (Å²) in [5.74, 6) is -1.74. The molecule has 1 aliphatic rings. The molecule has 0 unspecified atom stereocenters. The van der Waals surface area contributed by atoms with E-state index in [0.717, 1.165) is 16.7 Å². The lowest BCUT2D eigenvalue weighted by molar-refractivity contribution is -0.141. The van der Waals surface area contributed by atoms with Crippen molar-refractivity contribution in [3.05, 3.63) is 30.3 Å². The van der Waals surface area contributed by atoms with Gasteiger partial charge in [-0.3, -0.25) is 19.3 Å². The first-order valence-corrected chi connectivity index (χ1v) is 6.01. The van der Waals surface area contributed by atoms with Gasteiger partial charge in [-0.25, -0.2) is 0 Å². The highest BCUT2D eigenvalue weighted by Crippen LogP contribution is 2.27. The minimum absolute atomic E-state index is 0.531. The highest BCUT2D eigenvalue weighted by atomic mass is 32.2. The lowest BCUT2D eigenvalue weighted by atomic mass is 10.3. The van der Waals surface area contributed by atoms with Crippen LogP contribution in [0.25, 0.3) is 0 Å². The van der Waals surface area contributed by atoms with E-state index in [2.05, 4.69) is 5.32 Å². The number of carboxylic acid groups (broad SMARTS) is 1. The van der Waals surface area contributed by atoms with Gasteiger partial charge in [0.1, 0.15) is 6.54 Å². The summed E-state index contributed by atoms with van der Waals surface area (Å²) in [6, 6.07) is 8.94. The van der Waals surface area contributed by atoms with Crippen molar-refractivity contribution in [1.29, 1.82) is 0 Å². The number of imide groups is 1. The third kappa shape index (κ3) is 2.62. The molecule has 1 heterocycles. The van der Waals surface area contributed by atoms with Crippen molar-refractivity contribution in [2.75, 3.05) is 11.9 Å². The van der Waals surface area contributed by atoms with Crippen molar-refractivity contribution in [2.24, 2.45) is 0 Å². The lowest BCUT2D eigenvalue weighted by Crippen LogP contribution is -2.37. The summed E-state index contributed by atoms with van der Waals surface area (Å²) < 4.78 is 0. The molecule has 94 valence electrons. The molecule has 0 bridgehead atoms. The van der Waals surface area contributed by atoms with Crippen molar-refractivity contribution in [2.45, 2.75) is 5.37 Å². The topological polar surface area (TPSA) is 86.7 Å². The van der Waals surface area contributed by atoms with Gasteiger partial charge in [0.2, 0.25) is 0 Å². The molecule has 2 N–H and O–H groups in total. The number of para-hydroxylation sites is 1. The molecule has 7 heteroatoms. The van der Waals surface area contributed by atoms with Gasteiger partial charge in [0, 0.05) is 5.69 Å². The molecule has 1 aromatic carbocycles. The van der Waals surface area contributed by atoms with E-state index in [1.807, 2.05) is 6.07 Å². The number of carbonyl (C=O) groups is 3. The fraction of sp³-hybridized carbons (Fsp3) is 0.182. The zero-order chi connectivity index (χ0) is 13.1. The van der Waals surface area contributed by atoms with Crippen LogP contribution in [-0.4, -0.2) is 39.0 Å². The molecular formula is C11H10N2O4S. The smallest absolute Gasteiger partial charge is 0.323 e. The third-order valence-corrected chi connectivity index (χ3v) is 3.27. The average Bonchev–Trinajstić information content (AvgIpc) is 2.58. The van der Waals surface area contributed by atoms with E-state index in [4.69, 9.17) is 5.11 Å². The Bertz CT molecular complexity index is 491. The van der Waals surface area contributed by atoms with E-state index < -0.39 is 29.0 Å². The van der Waals surface area contributed by atoms with Crippen LogP contribution in [0.4, 0.5) is 10.5 Å². The van der Waals surface area contributed by atoms with Gasteiger partial charge in [0.15, 0.2) is 5.37 Å². The van der Waals surface area contributed by atoms with Gasteiger partial charge in [-0.05, 0) is 23.9 Å². The predicted octanol–water partition coefficient (Wildman–Crippen LogP) is 1.20. The maximum absolute atomic E-state index is 11.8. The van der Waals surface area contributed by atoms with Crippen LogP contribution in [0.2, 0.25) is 0 Å². The number of carbonyl (C=O) groups excluding carboxylic acids is 2. The van der Waals surface area contributed by atoms with E-state index in [1.165, 1.54) is 0 Å². The van der Waals surface area contributed by atoms with Crippen LogP contribution in [0.15, 0.2) is 30.3 Å². The molecule has 0 radical (unpaired) electrons. The minimum Gasteiger partial charge on any atom is -0.480 e. The number of carboxylic acids is 1. The molecule has 6 nitrogen and oxygen atoms in total. The quantitative estimate of drug-likeness (QED) is 0.851. The van der Waals surface area contributed by atoms with Gasteiger partial charge in [-0.2, -0.15) is 0 Å². The molecule has 0 aliphatic carbocycles. The number of nitrogens with one attached hydrogen (secondary N) is 1. The van der Waals surface area contributed by atoms with Crippen molar-refractivity contribution < 1.29 is 19.5 Å². The summed E-state index contributed by atoms with van der Waals surface area (Å²) in [5.41, 5.74) is 0.702. The Morgan fingerprint density at radius 1 is 1.33 bits per heavy atom. The minimum atomic E-state index is -1.21. The Balaban J connectivity index is 2.06. The van der Waals surface area contributed by atoms with E-state index >= 15 is 0 Å². The van der Waals surface area contributed by atoms with Gasteiger partial charge in [-0.1, -0.05) is 18.2 Å². The molecule has 2 rings (SSSR count). The van der Waals surface area contributed by atoms with Crippen LogP contribution in [0.3, 0.4) is 0 Å². The van der Waals surface area contributed by atoms with Crippen LogP contribution in [0.5, 0.6) is 0 Å². The number of hydrogen-bond acceptors (Lipinski definition) is 5. The Morgan fingerprint density at radius 3 is 2.61 bits per heavy atom. The Hall–Kier alpha value is -2.02. The number of rotatable bonds is 4. The summed E-state index contributed by atoms with van der Waals surface area (Å²) in [5, 5.41) is 10.2. The molecule has 1 atom stereocenters. The Morgan fingerprint density at radius 2 is 2.00 bits per heavy atom. The highest BCUT2D eigenvalue weighted by molar-refractivity contribution is 8.15. The Labute approximate surface area is 107 Å². The maximum Gasteiger partial charge on any atom is 0.323 e. The first-order chi connectivity index (χ1) is 8.58. The van der Waals surface area contributed by atoms with Crippen LogP contribution in [0.1, 0.15) is 0 Å². The summed E-state index contributed by atoms with van der Waals surface area (Å²) >= 11 is 0.782. The molecule has 2 amide bonds. The average molecular weight is 266 g/mol. The molecule has 1 fully saturated rings. The second kappa shape index (κ2) is 5.09. The fourth-order valence-corrected chi connectivity index (χ4v) is 2.41. The van der Waals surface area contributed by atoms with Gasteiger partial charge in [0.05, 0.1) is 0 Å². The predicted molar refractivity (Wildman–Crippen MR) is 66.2 cm³/mol. The SMILES string of the molecule is O=C(O)CN1C(=O)S[C@@H](Nc2ccccc2)C1=O. The van der Waals surface area contributed by atoms with Crippen LogP contribution < -0.4 is 5.32 Å². The molecule has 1 aromatic rings. The van der Waals surface area contributed by atoms with Crippen LogP contribution in [0, 0.1) is 0 Å². The number of benzene rings is 1. The second-order valence-corrected chi connectivity index (χ2v) is 4.65. The molecule has 1 aliphatic heterocycles. The summed E-state index contributed by atoms with van der Waals surface area (Å²) in [6.45, 7) is -0.600. The normalized spacial score (nSPS) is 19.1. The fourth-order valence-electron chi connectivity index (χ4n) is 1.50. The number of hydrogen-bond donors (Lipinski definition) is 2. The first kappa shape index (κ1) is 12.4. The monoisotopic (exact) mass is 266 g/mol. The molecule has 0 saturated carbocycles. The van der Waals surface area contributed by atoms with Crippen molar-refractivity contribution in [3.8, 4) is 0 Å². The number of anilines is 1. The standard InChI is InChI=1S/C11H10N2O4S/c14-8(15)6-13-10(16)9(18-11(13)17)12-7-4-2-1-3-5-7/h1-5,9,12H,6H2,(H,14,15)/t9-/m1/s1. The maximum atomic E-state index is 11.8. The van der Waals surface area contributed by atoms with Crippen molar-refractivity contribution in [3.63, 3.8) is 0 Å². The number of aliphatic carboxylic acids is 1. The van der Waals surface area contributed by atoms with Gasteiger partial charge >= 0.3 is 5.97 Å². The zero-order valence-corrected chi connectivity index (χ0v) is 10.0. The number of thioether (sulfide) groups is 1. The molecule has 18 heavy (non-hydrogen) atoms.